The van der Waals surface area contributed by atoms with Crippen molar-refractivity contribution in [3.63, 3.8) is 0 Å². The highest BCUT2D eigenvalue weighted by Gasteiger charge is 2.22. The summed E-state index contributed by atoms with van der Waals surface area (Å²) in [6, 6.07) is 23.7. The first-order chi connectivity index (χ1) is 15.7. The van der Waals surface area contributed by atoms with Gasteiger partial charge in [-0.3, -0.25) is 4.90 Å². The zero-order valence-corrected chi connectivity index (χ0v) is 19.0. The van der Waals surface area contributed by atoms with Gasteiger partial charge in [0.2, 0.25) is 0 Å². The summed E-state index contributed by atoms with van der Waals surface area (Å²) in [5, 5.41) is 4.94. The molecule has 3 aromatic carbocycles. The molecule has 0 atom stereocenters. The number of hydrogen-bond donors (Lipinski definition) is 1. The van der Waals surface area contributed by atoms with Gasteiger partial charge in [0, 0.05) is 48.5 Å². The first-order valence-corrected chi connectivity index (χ1v) is 11.4. The third-order valence-corrected chi connectivity index (χ3v) is 6.27. The Morgan fingerprint density at radius 1 is 0.781 bits per heavy atom. The van der Waals surface area contributed by atoms with Crippen LogP contribution in [0.2, 0.25) is 10.0 Å². The number of fused-ring (bicyclic) bond motifs is 1. The number of aromatic nitrogens is 2. The van der Waals surface area contributed by atoms with Crippen molar-refractivity contribution in [3.8, 4) is 0 Å². The van der Waals surface area contributed by atoms with Gasteiger partial charge in [-0.25, -0.2) is 9.97 Å². The lowest BCUT2D eigenvalue weighted by molar-refractivity contribution is 0.249. The van der Waals surface area contributed by atoms with Gasteiger partial charge < -0.3 is 10.2 Å². The summed E-state index contributed by atoms with van der Waals surface area (Å²) in [5.74, 6) is 1.66. The number of halogens is 2. The number of nitrogens with one attached hydrogen (secondary N) is 1. The van der Waals surface area contributed by atoms with Gasteiger partial charge in [-0.2, -0.15) is 0 Å². The molecule has 0 amide bonds. The first kappa shape index (κ1) is 21.0. The monoisotopic (exact) mass is 463 g/mol. The maximum Gasteiger partial charge on any atom is 0.174 e. The van der Waals surface area contributed by atoms with Gasteiger partial charge in [-0.05, 0) is 48.0 Å². The van der Waals surface area contributed by atoms with Crippen LogP contribution in [0.5, 0.6) is 0 Å². The lowest BCUT2D eigenvalue weighted by Gasteiger charge is -2.36. The molecule has 0 saturated carbocycles. The molecule has 1 aromatic heterocycles. The van der Waals surface area contributed by atoms with Crippen molar-refractivity contribution in [3.05, 3.63) is 88.4 Å². The van der Waals surface area contributed by atoms with E-state index >= 15 is 0 Å². The molecular weight excluding hydrogens is 441 g/mol. The molecule has 2 heterocycles. The number of rotatable bonds is 5. The quantitative estimate of drug-likeness (QED) is 0.392. The molecule has 162 valence electrons. The first-order valence-electron chi connectivity index (χ1n) is 10.7. The molecule has 1 saturated heterocycles. The summed E-state index contributed by atoms with van der Waals surface area (Å²) in [5.41, 5.74) is 3.83. The van der Waals surface area contributed by atoms with Crippen LogP contribution < -0.4 is 10.2 Å². The predicted molar refractivity (Wildman–Crippen MR) is 133 cm³/mol. The number of benzene rings is 3. The summed E-state index contributed by atoms with van der Waals surface area (Å²) in [6.45, 7) is 4.30. The molecular formula is C25H23Cl2N5. The molecule has 1 fully saturated rings. The molecule has 5 rings (SSSR count). The maximum atomic E-state index is 6.37. The van der Waals surface area contributed by atoms with Crippen LogP contribution in [0.3, 0.4) is 0 Å². The molecule has 0 spiro atoms. The van der Waals surface area contributed by atoms with E-state index in [9.17, 15) is 0 Å². The highest BCUT2D eigenvalue weighted by molar-refractivity contribution is 6.33. The predicted octanol–water partition coefficient (Wildman–Crippen LogP) is 6.00. The van der Waals surface area contributed by atoms with Crippen LogP contribution in [0.1, 0.15) is 5.56 Å². The fraction of sp³-hybridized carbons (Fsp3) is 0.200. The molecule has 5 nitrogen and oxygen atoms in total. The highest BCUT2D eigenvalue weighted by Crippen LogP contribution is 2.29. The van der Waals surface area contributed by atoms with Crippen LogP contribution >= 0.6 is 23.2 Å². The van der Waals surface area contributed by atoms with E-state index in [-0.39, 0.29) is 0 Å². The van der Waals surface area contributed by atoms with Gasteiger partial charge in [0.1, 0.15) is 0 Å². The van der Waals surface area contributed by atoms with Crippen LogP contribution in [0.15, 0.2) is 72.8 Å². The maximum absolute atomic E-state index is 6.37. The topological polar surface area (TPSA) is 44.3 Å². The van der Waals surface area contributed by atoms with Crippen molar-refractivity contribution >= 4 is 51.6 Å². The molecule has 7 heteroatoms. The Balaban J connectivity index is 1.37. The number of hydrogen-bond acceptors (Lipinski definition) is 5. The summed E-state index contributed by atoms with van der Waals surface area (Å²) < 4.78 is 0. The fourth-order valence-corrected chi connectivity index (χ4v) is 4.35. The van der Waals surface area contributed by atoms with Crippen LogP contribution in [0, 0.1) is 0 Å². The van der Waals surface area contributed by atoms with Crippen LogP contribution in [-0.2, 0) is 6.54 Å². The molecule has 0 radical (unpaired) electrons. The average molecular weight is 464 g/mol. The van der Waals surface area contributed by atoms with Crippen molar-refractivity contribution in [2.75, 3.05) is 36.4 Å². The zero-order chi connectivity index (χ0) is 21.9. The second-order valence-corrected chi connectivity index (χ2v) is 8.72. The van der Waals surface area contributed by atoms with Crippen LogP contribution in [0.4, 0.5) is 17.3 Å². The fourth-order valence-electron chi connectivity index (χ4n) is 3.98. The van der Waals surface area contributed by atoms with Crippen molar-refractivity contribution in [1.29, 1.82) is 0 Å². The van der Waals surface area contributed by atoms with Gasteiger partial charge in [0.15, 0.2) is 11.6 Å². The van der Waals surface area contributed by atoms with Crippen LogP contribution in [-0.4, -0.2) is 41.0 Å². The van der Waals surface area contributed by atoms with Crippen molar-refractivity contribution in [2.45, 2.75) is 6.54 Å². The van der Waals surface area contributed by atoms with E-state index in [4.69, 9.17) is 33.2 Å². The number of nitrogens with zero attached hydrogens (tertiary/aromatic N) is 4. The Morgan fingerprint density at radius 3 is 2.22 bits per heavy atom. The third kappa shape index (κ3) is 4.65. The van der Waals surface area contributed by atoms with Crippen molar-refractivity contribution in [1.82, 2.24) is 14.9 Å². The van der Waals surface area contributed by atoms with Gasteiger partial charge >= 0.3 is 0 Å². The normalized spacial score (nSPS) is 14.6. The van der Waals surface area contributed by atoms with E-state index in [1.165, 1.54) is 0 Å². The minimum atomic E-state index is 0.714. The smallest absolute Gasteiger partial charge is 0.174 e. The van der Waals surface area contributed by atoms with Crippen molar-refractivity contribution in [2.24, 2.45) is 0 Å². The number of anilines is 3. The number of para-hydroxylation sites is 3. The Kier molecular flexibility index (Phi) is 6.12. The second kappa shape index (κ2) is 9.33. The Morgan fingerprint density at radius 2 is 1.47 bits per heavy atom. The van der Waals surface area contributed by atoms with E-state index in [0.29, 0.717) is 5.02 Å². The minimum absolute atomic E-state index is 0.714. The van der Waals surface area contributed by atoms with Gasteiger partial charge in [0.05, 0.1) is 11.0 Å². The summed E-state index contributed by atoms with van der Waals surface area (Å²) >= 11 is 12.5. The third-order valence-electron chi connectivity index (χ3n) is 5.66. The van der Waals surface area contributed by atoms with Crippen LogP contribution in [0.25, 0.3) is 11.0 Å². The van der Waals surface area contributed by atoms with E-state index in [2.05, 4.69) is 15.1 Å². The summed E-state index contributed by atoms with van der Waals surface area (Å²) in [6.07, 6.45) is 0. The number of piperazine rings is 1. The molecule has 0 unspecified atom stereocenters. The van der Waals surface area contributed by atoms with Gasteiger partial charge in [0.25, 0.3) is 0 Å². The minimum Gasteiger partial charge on any atom is -0.351 e. The largest absolute Gasteiger partial charge is 0.351 e. The highest BCUT2D eigenvalue weighted by atomic mass is 35.5. The Bertz CT molecular complexity index is 1220. The van der Waals surface area contributed by atoms with E-state index in [1.54, 1.807) is 0 Å². The lowest BCUT2D eigenvalue weighted by Crippen LogP contribution is -2.46. The lowest BCUT2D eigenvalue weighted by atomic mass is 10.2. The molecule has 4 aromatic rings. The Labute approximate surface area is 197 Å². The SMILES string of the molecule is Clc1ccc(Cl)c(CN2CCN(c3nc4ccccc4nc3Nc3ccccc3)CC2)c1. The molecule has 0 aliphatic carbocycles. The van der Waals surface area contributed by atoms with E-state index in [1.807, 2.05) is 72.8 Å². The van der Waals surface area contributed by atoms with Gasteiger partial charge in [-0.1, -0.05) is 53.5 Å². The average Bonchev–Trinajstić information content (AvgIpc) is 2.82. The summed E-state index contributed by atoms with van der Waals surface area (Å²) in [4.78, 5) is 14.6. The molecule has 1 N–H and O–H groups in total. The molecule has 32 heavy (non-hydrogen) atoms. The van der Waals surface area contributed by atoms with Crippen molar-refractivity contribution < 1.29 is 0 Å². The molecule has 1 aliphatic heterocycles. The standard InChI is InChI=1S/C25H23Cl2N5/c26-19-10-11-21(27)18(16-19)17-31-12-14-32(15-13-31)25-24(28-20-6-2-1-3-7-20)29-22-8-4-5-9-23(22)30-25/h1-11,16H,12-15,17H2,(H,28,29). The summed E-state index contributed by atoms with van der Waals surface area (Å²) in [7, 11) is 0. The zero-order valence-electron chi connectivity index (χ0n) is 17.5. The van der Waals surface area contributed by atoms with E-state index in [0.717, 1.165) is 71.7 Å². The Hall–Kier alpha value is -2.86. The second-order valence-electron chi connectivity index (χ2n) is 7.87. The molecule has 0 bridgehead atoms. The molecule has 1 aliphatic rings. The van der Waals surface area contributed by atoms with Gasteiger partial charge in [-0.15, -0.1) is 0 Å². The van der Waals surface area contributed by atoms with E-state index < -0.39 is 0 Å².